The molecule has 2 aromatic rings. The second-order valence-corrected chi connectivity index (χ2v) is 4.62. The molecule has 1 aromatic carbocycles. The molecule has 3 nitrogen and oxygen atoms in total. The van der Waals surface area contributed by atoms with Crippen molar-refractivity contribution in [3.63, 3.8) is 0 Å². The molecule has 2 N–H and O–H groups in total. The molecule has 0 radical (unpaired) electrons. The van der Waals surface area contributed by atoms with Crippen LogP contribution in [0.15, 0.2) is 63.2 Å². The van der Waals surface area contributed by atoms with E-state index in [1.165, 1.54) is 11.8 Å². The lowest BCUT2D eigenvalue weighted by Gasteiger charge is -2.06. The Kier molecular flexibility index (Phi) is 4.25. The minimum absolute atomic E-state index is 0.646. The summed E-state index contributed by atoms with van der Waals surface area (Å²) in [5.41, 5.74) is 7.73. The van der Waals surface area contributed by atoms with Crippen LogP contribution < -0.4 is 5.73 Å². The van der Waals surface area contributed by atoms with E-state index >= 15 is 0 Å². The Hall–Kier alpha value is -1.94. The zero-order valence-corrected chi connectivity index (χ0v) is 10.7. The van der Waals surface area contributed by atoms with Gasteiger partial charge in [-0.05, 0) is 18.9 Å². The van der Waals surface area contributed by atoms with Gasteiger partial charge < -0.3 is 10.2 Å². The summed E-state index contributed by atoms with van der Waals surface area (Å²) in [7, 11) is 0. The van der Waals surface area contributed by atoms with Gasteiger partial charge in [0.2, 0.25) is 0 Å². The van der Waals surface area contributed by atoms with Crippen LogP contribution in [0, 0.1) is 0 Å². The fourth-order valence-electron chi connectivity index (χ4n) is 1.52. The van der Waals surface area contributed by atoms with Crippen molar-refractivity contribution >= 4 is 24.2 Å². The number of hydrogen-bond acceptors (Lipinski definition) is 4. The first-order chi connectivity index (χ1) is 8.81. The quantitative estimate of drug-likeness (QED) is 0.835. The molecule has 0 saturated carbocycles. The number of benzene rings is 1. The highest BCUT2D eigenvalue weighted by Gasteiger charge is 2.06. The van der Waals surface area contributed by atoms with E-state index in [-0.39, 0.29) is 0 Å². The minimum Gasteiger partial charge on any atom is -0.468 e. The van der Waals surface area contributed by atoms with Crippen molar-refractivity contribution in [1.82, 2.24) is 0 Å². The monoisotopic (exact) mass is 258 g/mol. The van der Waals surface area contributed by atoms with Gasteiger partial charge in [0, 0.05) is 5.56 Å². The molecule has 0 aliphatic heterocycles. The first-order valence-corrected chi connectivity index (χ1v) is 6.47. The van der Waals surface area contributed by atoms with Crippen LogP contribution in [-0.2, 0) is 5.75 Å². The van der Waals surface area contributed by atoms with Crippen molar-refractivity contribution in [2.45, 2.75) is 5.75 Å². The van der Waals surface area contributed by atoms with Crippen LogP contribution in [0.4, 0.5) is 0 Å². The van der Waals surface area contributed by atoms with Crippen LogP contribution in [0.2, 0.25) is 0 Å². The Morgan fingerprint density at radius 2 is 2.00 bits per heavy atom. The summed E-state index contributed by atoms with van der Waals surface area (Å²) in [6.45, 7) is 3.58. The van der Waals surface area contributed by atoms with Crippen molar-refractivity contribution in [1.29, 1.82) is 0 Å². The Morgan fingerprint density at radius 3 is 2.61 bits per heavy atom. The predicted octanol–water partition coefficient (Wildman–Crippen LogP) is 3.50. The van der Waals surface area contributed by atoms with Crippen LogP contribution in [0.1, 0.15) is 11.3 Å². The molecule has 0 bridgehead atoms. The zero-order chi connectivity index (χ0) is 12.8. The van der Waals surface area contributed by atoms with Gasteiger partial charge in [-0.25, -0.2) is 0 Å². The van der Waals surface area contributed by atoms with Crippen molar-refractivity contribution in [2.24, 2.45) is 10.7 Å². The first kappa shape index (κ1) is 12.5. The van der Waals surface area contributed by atoms with Gasteiger partial charge in [0.1, 0.15) is 5.76 Å². The maximum absolute atomic E-state index is 6.04. The highest BCUT2D eigenvalue weighted by molar-refractivity contribution is 8.02. The summed E-state index contributed by atoms with van der Waals surface area (Å²) in [6.07, 6.45) is 1.65. The topological polar surface area (TPSA) is 51.5 Å². The number of thioether (sulfide) groups is 1. The molecule has 4 heteroatoms. The molecular formula is C14H14N2OS. The van der Waals surface area contributed by atoms with Crippen molar-refractivity contribution in [2.75, 3.05) is 0 Å². The molecule has 1 aromatic heterocycles. The predicted molar refractivity (Wildman–Crippen MR) is 77.1 cm³/mol. The van der Waals surface area contributed by atoms with Gasteiger partial charge in [0.05, 0.1) is 22.7 Å². The number of nitrogens with zero attached hydrogens (tertiary/aromatic N) is 1. The molecule has 0 aliphatic rings. The highest BCUT2D eigenvalue weighted by atomic mass is 32.2. The summed E-state index contributed by atoms with van der Waals surface area (Å²) in [4.78, 5) is 4.01. The van der Waals surface area contributed by atoms with Gasteiger partial charge in [-0.2, -0.15) is 0 Å². The van der Waals surface area contributed by atoms with E-state index in [9.17, 15) is 0 Å². The molecule has 0 unspecified atom stereocenters. The smallest absolute Gasteiger partial charge is 0.114 e. The third-order valence-electron chi connectivity index (χ3n) is 2.39. The van der Waals surface area contributed by atoms with Gasteiger partial charge in [-0.3, -0.25) is 4.99 Å². The van der Waals surface area contributed by atoms with Gasteiger partial charge >= 0.3 is 0 Å². The molecule has 0 amide bonds. The molecule has 2 rings (SSSR count). The zero-order valence-electron chi connectivity index (χ0n) is 9.87. The highest BCUT2D eigenvalue weighted by Crippen LogP contribution is 2.26. The summed E-state index contributed by atoms with van der Waals surface area (Å²) in [5, 5.41) is 0.646. The second-order valence-electron chi connectivity index (χ2n) is 3.61. The molecule has 0 saturated heterocycles. The van der Waals surface area contributed by atoms with Gasteiger partial charge in [0.15, 0.2) is 0 Å². The van der Waals surface area contributed by atoms with E-state index in [1.807, 2.05) is 42.5 Å². The third-order valence-corrected chi connectivity index (χ3v) is 3.32. The number of furan rings is 1. The van der Waals surface area contributed by atoms with Crippen LogP contribution >= 0.6 is 11.8 Å². The standard InChI is InChI=1S/C14H14N2OS/c1-16-13(11-6-3-2-4-7-11)14(15)18-10-12-8-5-9-17-12/h2-9H,1,10,15H2/b14-13-. The van der Waals surface area contributed by atoms with Crippen molar-refractivity contribution in [3.8, 4) is 0 Å². The van der Waals surface area contributed by atoms with E-state index in [1.54, 1.807) is 6.26 Å². The van der Waals surface area contributed by atoms with Gasteiger partial charge in [-0.1, -0.05) is 42.1 Å². The summed E-state index contributed by atoms with van der Waals surface area (Å²) in [6, 6.07) is 13.6. The lowest BCUT2D eigenvalue weighted by Crippen LogP contribution is -1.97. The van der Waals surface area contributed by atoms with Crippen molar-refractivity contribution < 1.29 is 4.42 Å². The molecule has 92 valence electrons. The molecule has 0 spiro atoms. The number of aliphatic imine (C=N–C) groups is 1. The van der Waals surface area contributed by atoms with Crippen LogP contribution in [-0.4, -0.2) is 6.72 Å². The van der Waals surface area contributed by atoms with E-state index in [0.29, 0.717) is 16.5 Å². The Balaban J connectivity index is 2.14. The molecule has 0 aliphatic carbocycles. The van der Waals surface area contributed by atoms with E-state index in [2.05, 4.69) is 11.7 Å². The minimum atomic E-state index is 0.646. The van der Waals surface area contributed by atoms with Crippen LogP contribution in [0.3, 0.4) is 0 Å². The van der Waals surface area contributed by atoms with Crippen LogP contribution in [0.25, 0.3) is 5.70 Å². The maximum atomic E-state index is 6.04. The summed E-state index contributed by atoms with van der Waals surface area (Å²) in [5.74, 6) is 1.57. The number of hydrogen-bond donors (Lipinski definition) is 1. The van der Waals surface area contributed by atoms with E-state index in [0.717, 1.165) is 11.3 Å². The Morgan fingerprint density at radius 1 is 1.22 bits per heavy atom. The fraction of sp³-hybridized carbons (Fsp3) is 0.0714. The Labute approximate surface area is 110 Å². The molecule has 18 heavy (non-hydrogen) atoms. The number of nitrogens with two attached hydrogens (primary N) is 1. The normalized spacial score (nSPS) is 12.0. The lowest BCUT2D eigenvalue weighted by atomic mass is 10.2. The van der Waals surface area contributed by atoms with E-state index in [4.69, 9.17) is 10.2 Å². The maximum Gasteiger partial charge on any atom is 0.114 e. The van der Waals surface area contributed by atoms with Crippen LogP contribution in [0.5, 0.6) is 0 Å². The molecule has 0 fully saturated rings. The fourth-order valence-corrected chi connectivity index (χ4v) is 2.30. The second kappa shape index (κ2) is 6.12. The van der Waals surface area contributed by atoms with E-state index < -0.39 is 0 Å². The first-order valence-electron chi connectivity index (χ1n) is 5.48. The van der Waals surface area contributed by atoms with Gasteiger partial charge in [-0.15, -0.1) is 0 Å². The number of rotatable bonds is 5. The largest absolute Gasteiger partial charge is 0.468 e. The summed E-state index contributed by atoms with van der Waals surface area (Å²) >= 11 is 1.49. The SMILES string of the molecule is C=N/C(=C(/N)SCc1ccco1)c1ccccc1. The average molecular weight is 258 g/mol. The average Bonchev–Trinajstić information content (AvgIpc) is 2.92. The molecular weight excluding hydrogens is 244 g/mol. The molecule has 1 heterocycles. The van der Waals surface area contributed by atoms with Crippen molar-refractivity contribution in [3.05, 3.63) is 65.1 Å². The lowest BCUT2D eigenvalue weighted by molar-refractivity contribution is 0.530. The Bertz CT molecular complexity index is 532. The van der Waals surface area contributed by atoms with Gasteiger partial charge in [0.25, 0.3) is 0 Å². The third kappa shape index (κ3) is 3.05. The molecule has 0 atom stereocenters. The summed E-state index contributed by atoms with van der Waals surface area (Å²) < 4.78 is 5.26.